The first-order chi connectivity index (χ1) is 14.5. The summed E-state index contributed by atoms with van der Waals surface area (Å²) < 4.78 is 25.2. The van der Waals surface area contributed by atoms with Crippen LogP contribution in [-0.4, -0.2) is 24.7 Å². The van der Waals surface area contributed by atoms with Crippen molar-refractivity contribution in [2.24, 2.45) is 5.73 Å². The molecule has 3 N–H and O–H groups in total. The van der Waals surface area contributed by atoms with Crippen LogP contribution in [0.25, 0.3) is 10.9 Å². The number of hydrogen-bond acceptors (Lipinski definition) is 6. The average molecular weight is 497 g/mol. The zero-order chi connectivity index (χ0) is 21.7. The van der Waals surface area contributed by atoms with Gasteiger partial charge in [-0.3, -0.25) is 9.78 Å². The van der Waals surface area contributed by atoms with Gasteiger partial charge < -0.3 is 20.5 Å². The van der Waals surface area contributed by atoms with E-state index in [4.69, 9.17) is 26.8 Å². The number of carbonyl (C=O) groups excluding carboxylic acids is 1. The van der Waals surface area contributed by atoms with Gasteiger partial charge in [-0.1, -0.05) is 11.6 Å². The second-order valence-corrected chi connectivity index (χ2v) is 7.62. The molecule has 0 fully saturated rings. The Labute approximate surface area is 186 Å². The molecule has 3 aromatic rings. The van der Waals surface area contributed by atoms with Gasteiger partial charge in [0.25, 0.3) is 6.47 Å². The first-order valence-electron chi connectivity index (χ1n) is 9.22. The van der Waals surface area contributed by atoms with Gasteiger partial charge in [0.05, 0.1) is 39.6 Å². The Bertz CT molecular complexity index is 1080. The van der Waals surface area contributed by atoms with E-state index < -0.39 is 5.82 Å². The van der Waals surface area contributed by atoms with E-state index >= 15 is 0 Å². The zero-order valence-corrected chi connectivity index (χ0v) is 18.5. The van der Waals surface area contributed by atoms with E-state index in [1.165, 1.54) is 6.07 Å². The molecule has 0 bridgehead atoms. The maximum atomic E-state index is 14.0. The molecule has 0 saturated carbocycles. The average Bonchev–Trinajstić information content (AvgIpc) is 2.72. The lowest BCUT2D eigenvalue weighted by atomic mass is 10.1. The van der Waals surface area contributed by atoms with Crippen LogP contribution in [0.15, 0.2) is 34.9 Å². The number of aromatic nitrogens is 1. The van der Waals surface area contributed by atoms with Crippen LogP contribution in [0.5, 0.6) is 5.75 Å². The van der Waals surface area contributed by atoms with Gasteiger partial charge in [0.15, 0.2) is 0 Å². The highest BCUT2D eigenvalue weighted by Gasteiger charge is 2.15. The van der Waals surface area contributed by atoms with Crippen molar-refractivity contribution >= 4 is 56.3 Å². The van der Waals surface area contributed by atoms with Gasteiger partial charge in [0.2, 0.25) is 0 Å². The number of pyridine rings is 1. The number of nitrogens with two attached hydrogens (primary N) is 1. The molecule has 9 heteroatoms. The molecule has 2 aromatic carbocycles. The third-order valence-electron chi connectivity index (χ3n) is 4.47. The van der Waals surface area contributed by atoms with Crippen molar-refractivity contribution in [2.45, 2.75) is 19.9 Å². The molecule has 6 nitrogen and oxygen atoms in total. The minimum atomic E-state index is -0.462. The van der Waals surface area contributed by atoms with Gasteiger partial charge in [-0.25, -0.2) is 4.39 Å². The molecule has 1 heterocycles. The summed E-state index contributed by atoms with van der Waals surface area (Å²) in [6.07, 6.45) is 2.13. The minimum absolute atomic E-state index is 0.0398. The number of nitrogens with zero attached hydrogens (tertiary/aromatic N) is 1. The van der Waals surface area contributed by atoms with Gasteiger partial charge in [0.1, 0.15) is 11.6 Å². The summed E-state index contributed by atoms with van der Waals surface area (Å²) in [7, 11) is 0. The van der Waals surface area contributed by atoms with Crippen LogP contribution in [0.4, 0.5) is 15.8 Å². The number of halogens is 3. The van der Waals surface area contributed by atoms with E-state index in [0.29, 0.717) is 42.0 Å². The fraction of sp³-hybridized carbons (Fsp3) is 0.238. The van der Waals surface area contributed by atoms with Crippen LogP contribution in [-0.2, 0) is 22.5 Å². The highest BCUT2D eigenvalue weighted by atomic mass is 79.9. The number of ether oxygens (including phenoxy) is 2. The van der Waals surface area contributed by atoms with Gasteiger partial charge in [0, 0.05) is 36.2 Å². The van der Waals surface area contributed by atoms with Crippen LogP contribution in [0.3, 0.4) is 0 Å². The molecule has 0 aliphatic rings. The van der Waals surface area contributed by atoms with E-state index in [0.717, 1.165) is 21.1 Å². The molecule has 0 radical (unpaired) electrons. The Hall–Kier alpha value is -2.42. The third kappa shape index (κ3) is 4.83. The summed E-state index contributed by atoms with van der Waals surface area (Å²) in [6, 6.07) is 6.53. The Morgan fingerprint density at radius 3 is 2.80 bits per heavy atom. The lowest BCUT2D eigenvalue weighted by molar-refractivity contribution is -0.128. The maximum absolute atomic E-state index is 14.0. The molecule has 0 aliphatic heterocycles. The van der Waals surface area contributed by atoms with Crippen molar-refractivity contribution in [2.75, 3.05) is 18.5 Å². The largest absolute Gasteiger partial charge is 0.493 e. The summed E-state index contributed by atoms with van der Waals surface area (Å²) in [4.78, 5) is 15.1. The molecule has 0 aliphatic carbocycles. The first-order valence-corrected chi connectivity index (χ1v) is 10.4. The van der Waals surface area contributed by atoms with Gasteiger partial charge in [-0.05, 0) is 46.6 Å². The Morgan fingerprint density at radius 2 is 2.10 bits per heavy atom. The third-order valence-corrected chi connectivity index (χ3v) is 5.41. The lowest BCUT2D eigenvalue weighted by Crippen LogP contribution is -2.06. The number of nitrogens with one attached hydrogen (secondary N) is 1. The second kappa shape index (κ2) is 10.1. The van der Waals surface area contributed by atoms with Crippen LogP contribution in [0.2, 0.25) is 5.02 Å². The summed E-state index contributed by atoms with van der Waals surface area (Å²) in [5, 5.41) is 4.30. The molecule has 0 saturated heterocycles. The second-order valence-electron chi connectivity index (χ2n) is 6.36. The number of hydrogen-bond donors (Lipinski definition) is 2. The van der Waals surface area contributed by atoms with Crippen molar-refractivity contribution in [3.05, 3.63) is 56.9 Å². The normalized spacial score (nSPS) is 10.8. The molecule has 0 atom stereocenters. The number of benzene rings is 2. The maximum Gasteiger partial charge on any atom is 0.293 e. The van der Waals surface area contributed by atoms with Crippen LogP contribution in [0, 0.1) is 5.82 Å². The zero-order valence-electron chi connectivity index (χ0n) is 16.2. The van der Waals surface area contributed by atoms with Crippen molar-refractivity contribution < 1.29 is 18.7 Å². The van der Waals surface area contributed by atoms with Crippen molar-refractivity contribution in [3.8, 4) is 5.75 Å². The molecule has 158 valence electrons. The van der Waals surface area contributed by atoms with E-state index in [9.17, 15) is 9.18 Å². The summed E-state index contributed by atoms with van der Waals surface area (Å²) in [6.45, 7) is 3.05. The van der Waals surface area contributed by atoms with Crippen LogP contribution in [0.1, 0.15) is 18.1 Å². The number of anilines is 2. The first kappa shape index (κ1) is 22.3. The summed E-state index contributed by atoms with van der Waals surface area (Å²) >= 11 is 9.81. The molecule has 30 heavy (non-hydrogen) atoms. The Kier molecular flexibility index (Phi) is 7.47. The predicted molar refractivity (Wildman–Crippen MR) is 119 cm³/mol. The quantitative estimate of drug-likeness (QED) is 0.316. The minimum Gasteiger partial charge on any atom is -0.493 e. The van der Waals surface area contributed by atoms with Crippen LogP contribution >= 0.6 is 27.5 Å². The SMILES string of the molecule is CCOc1cc2ncc(CCOC=O)c(Nc3cc(CN)c(F)cc3Cl)c2cc1Br. The predicted octanol–water partition coefficient (Wildman–Crippen LogP) is 5.11. The molecular formula is C21H20BrClFN3O3. The van der Waals surface area contributed by atoms with E-state index in [1.807, 2.05) is 19.1 Å². The molecule has 0 spiro atoms. The summed E-state index contributed by atoms with van der Waals surface area (Å²) in [5.74, 6) is 0.210. The smallest absolute Gasteiger partial charge is 0.293 e. The fourth-order valence-electron chi connectivity index (χ4n) is 3.04. The summed E-state index contributed by atoms with van der Waals surface area (Å²) in [5.41, 5.74) is 8.70. The highest BCUT2D eigenvalue weighted by molar-refractivity contribution is 9.10. The number of fused-ring (bicyclic) bond motifs is 1. The van der Waals surface area contributed by atoms with E-state index in [-0.39, 0.29) is 18.2 Å². The number of carbonyl (C=O) groups is 1. The highest BCUT2D eigenvalue weighted by Crippen LogP contribution is 2.37. The monoisotopic (exact) mass is 495 g/mol. The van der Waals surface area contributed by atoms with Gasteiger partial charge in [-0.2, -0.15) is 0 Å². The molecule has 0 amide bonds. The molecule has 3 rings (SSSR count). The molecule has 0 unspecified atom stereocenters. The van der Waals surface area contributed by atoms with Gasteiger partial charge >= 0.3 is 0 Å². The standard InChI is InChI=1S/C21H20BrClFN3O3/c1-2-30-20-8-18-14(6-15(20)22)21(12(10-26-18)3-4-29-11-28)27-19-5-13(9-25)17(24)7-16(19)23/h5-8,10-11H,2-4,9,25H2,1H3,(H,26,27). The van der Waals surface area contributed by atoms with Gasteiger partial charge in [-0.15, -0.1) is 0 Å². The number of rotatable bonds is 9. The Morgan fingerprint density at radius 1 is 1.30 bits per heavy atom. The van der Waals surface area contributed by atoms with E-state index in [1.54, 1.807) is 12.3 Å². The van der Waals surface area contributed by atoms with Crippen molar-refractivity contribution in [3.63, 3.8) is 0 Å². The molecular weight excluding hydrogens is 477 g/mol. The lowest BCUT2D eigenvalue weighted by Gasteiger charge is -2.18. The van der Waals surface area contributed by atoms with Crippen molar-refractivity contribution in [1.82, 2.24) is 4.98 Å². The Balaban J connectivity index is 2.14. The van der Waals surface area contributed by atoms with Crippen LogP contribution < -0.4 is 15.8 Å². The van der Waals surface area contributed by atoms with E-state index in [2.05, 4.69) is 26.2 Å². The van der Waals surface area contributed by atoms with Crippen molar-refractivity contribution in [1.29, 1.82) is 0 Å². The fourth-order valence-corrected chi connectivity index (χ4v) is 3.69. The topological polar surface area (TPSA) is 86.5 Å². The molecule has 1 aromatic heterocycles.